The van der Waals surface area contributed by atoms with Gasteiger partial charge in [-0.2, -0.15) is 0 Å². The number of amides is 1. The smallest absolute Gasteiger partial charge is 0.229 e. The number of carbonyl (C=O) groups is 1. The molecule has 48 valence electrons. The van der Waals surface area contributed by atoms with Gasteiger partial charge >= 0.3 is 0 Å². The maximum atomic E-state index is 10.3. The zero-order valence-electron chi connectivity index (χ0n) is 4.35. The summed E-state index contributed by atoms with van der Waals surface area (Å²) in [6.07, 6.45) is 0. The third-order valence-electron chi connectivity index (χ3n) is 0.555. The number of hydrogen-bond donors (Lipinski definition) is 2. The van der Waals surface area contributed by atoms with Gasteiger partial charge in [-0.3, -0.25) is 4.79 Å². The van der Waals surface area contributed by atoms with Gasteiger partial charge in [-0.1, -0.05) is 22.6 Å². The largest absolute Gasteiger partial charge is 0.395 e. The molecule has 0 rings (SSSR count). The summed E-state index contributed by atoms with van der Waals surface area (Å²) in [5.41, 5.74) is 0. The van der Waals surface area contributed by atoms with Crippen LogP contribution < -0.4 is 5.32 Å². The van der Waals surface area contributed by atoms with E-state index in [0.717, 1.165) is 0 Å². The minimum atomic E-state index is -0.0281. The number of halogens is 1. The molecule has 0 radical (unpaired) electrons. The van der Waals surface area contributed by atoms with Gasteiger partial charge in [0.15, 0.2) is 0 Å². The Morgan fingerprint density at radius 1 is 1.75 bits per heavy atom. The number of nitrogens with one attached hydrogen (secondary N) is 1. The summed E-state index contributed by atoms with van der Waals surface area (Å²) in [5.74, 6) is -0.0281. The first-order valence-electron chi connectivity index (χ1n) is 2.24. The van der Waals surface area contributed by atoms with E-state index in [1.54, 1.807) is 0 Å². The van der Waals surface area contributed by atoms with Crippen LogP contribution in [0, 0.1) is 0 Å². The highest BCUT2D eigenvalue weighted by Crippen LogP contribution is 1.77. The lowest BCUT2D eigenvalue weighted by Gasteiger charge is -1.96. The van der Waals surface area contributed by atoms with Crippen molar-refractivity contribution in [3.63, 3.8) is 0 Å². The molecule has 1 amide bonds. The Hall–Kier alpha value is 0.160. The second kappa shape index (κ2) is 5.30. The second-order valence-corrected chi connectivity index (χ2v) is 1.97. The topological polar surface area (TPSA) is 49.3 Å². The first-order chi connectivity index (χ1) is 3.81. The molecule has 0 atom stereocenters. The van der Waals surface area contributed by atoms with Gasteiger partial charge in [-0.15, -0.1) is 0 Å². The van der Waals surface area contributed by atoms with Crippen LogP contribution in [0.3, 0.4) is 0 Å². The van der Waals surface area contributed by atoms with Crippen molar-refractivity contribution in [1.29, 1.82) is 0 Å². The van der Waals surface area contributed by atoms with Gasteiger partial charge in [-0.25, -0.2) is 0 Å². The van der Waals surface area contributed by atoms with Gasteiger partial charge in [0.2, 0.25) is 5.91 Å². The van der Waals surface area contributed by atoms with E-state index in [1.807, 2.05) is 22.6 Å². The Balaban J connectivity index is 2.99. The van der Waals surface area contributed by atoms with E-state index in [-0.39, 0.29) is 12.5 Å². The lowest BCUT2D eigenvalue weighted by molar-refractivity contribution is -0.118. The Morgan fingerprint density at radius 2 is 2.38 bits per heavy atom. The Morgan fingerprint density at radius 3 is 2.75 bits per heavy atom. The van der Waals surface area contributed by atoms with Crippen molar-refractivity contribution < 1.29 is 9.90 Å². The minimum absolute atomic E-state index is 0.0162. The van der Waals surface area contributed by atoms with Crippen molar-refractivity contribution in [1.82, 2.24) is 5.32 Å². The van der Waals surface area contributed by atoms with Crippen molar-refractivity contribution in [2.75, 3.05) is 17.6 Å². The van der Waals surface area contributed by atoms with Crippen LogP contribution in [-0.4, -0.2) is 28.6 Å². The van der Waals surface area contributed by atoms with E-state index in [4.69, 9.17) is 5.11 Å². The second-order valence-electron chi connectivity index (χ2n) is 1.21. The quantitative estimate of drug-likeness (QED) is 0.507. The summed E-state index contributed by atoms with van der Waals surface area (Å²) in [6, 6.07) is 0. The summed E-state index contributed by atoms with van der Waals surface area (Å²) < 4.78 is 0.456. The molecule has 0 saturated heterocycles. The lowest BCUT2D eigenvalue weighted by Crippen LogP contribution is -2.26. The SMILES string of the molecule is O=C(CI)NCCO. The molecule has 8 heavy (non-hydrogen) atoms. The normalized spacial score (nSPS) is 8.75. The summed E-state index contributed by atoms with van der Waals surface area (Å²) in [5, 5.41) is 10.7. The highest BCUT2D eigenvalue weighted by molar-refractivity contribution is 14.1. The predicted octanol–water partition coefficient (Wildman–Crippen LogP) is -0.470. The van der Waals surface area contributed by atoms with Crippen molar-refractivity contribution in [3.8, 4) is 0 Å². The number of rotatable bonds is 3. The molecule has 0 heterocycles. The van der Waals surface area contributed by atoms with Crippen LogP contribution in [0.5, 0.6) is 0 Å². The summed E-state index contributed by atoms with van der Waals surface area (Å²) in [6.45, 7) is 0.379. The van der Waals surface area contributed by atoms with E-state index < -0.39 is 0 Å². The summed E-state index contributed by atoms with van der Waals surface area (Å²) in [7, 11) is 0. The first-order valence-corrected chi connectivity index (χ1v) is 3.77. The van der Waals surface area contributed by atoms with Crippen LogP contribution >= 0.6 is 22.6 Å². The molecule has 0 aliphatic rings. The van der Waals surface area contributed by atoms with E-state index in [2.05, 4.69) is 5.32 Å². The number of alkyl halides is 1. The van der Waals surface area contributed by atoms with Gasteiger partial charge in [0.25, 0.3) is 0 Å². The zero-order chi connectivity index (χ0) is 6.41. The molecule has 0 aromatic rings. The molecule has 0 aromatic carbocycles. The predicted molar refractivity (Wildman–Crippen MR) is 39.0 cm³/mol. The number of hydrogen-bond acceptors (Lipinski definition) is 2. The fourth-order valence-corrected chi connectivity index (χ4v) is 0.512. The maximum absolute atomic E-state index is 10.3. The molecular weight excluding hydrogens is 221 g/mol. The van der Waals surface area contributed by atoms with Crippen LogP contribution in [0.1, 0.15) is 0 Å². The molecule has 0 saturated carbocycles. The van der Waals surface area contributed by atoms with Crippen molar-refractivity contribution >= 4 is 28.5 Å². The average Bonchev–Trinajstić information content (AvgIpc) is 1.83. The van der Waals surface area contributed by atoms with E-state index in [0.29, 0.717) is 11.0 Å². The van der Waals surface area contributed by atoms with Gasteiger partial charge in [0, 0.05) is 6.54 Å². The highest BCUT2D eigenvalue weighted by Gasteiger charge is 1.92. The molecular formula is C4H8INO2. The van der Waals surface area contributed by atoms with Crippen LogP contribution in [0.15, 0.2) is 0 Å². The lowest BCUT2D eigenvalue weighted by atomic mass is 10.6. The molecule has 3 nitrogen and oxygen atoms in total. The van der Waals surface area contributed by atoms with Crippen LogP contribution in [0.4, 0.5) is 0 Å². The molecule has 0 bridgehead atoms. The molecule has 0 aliphatic heterocycles. The standard InChI is InChI=1S/C4H8INO2/c5-3-4(8)6-1-2-7/h7H,1-3H2,(H,6,8). The Labute approximate surface area is 61.6 Å². The molecule has 4 heteroatoms. The van der Waals surface area contributed by atoms with Gasteiger partial charge in [-0.05, 0) is 0 Å². The van der Waals surface area contributed by atoms with Crippen LogP contribution in [-0.2, 0) is 4.79 Å². The fourth-order valence-electron chi connectivity index (χ4n) is 0.243. The summed E-state index contributed by atoms with van der Waals surface area (Å²) in [4.78, 5) is 10.3. The maximum Gasteiger partial charge on any atom is 0.229 e. The number of aliphatic hydroxyl groups is 1. The third-order valence-corrected chi connectivity index (χ3v) is 1.25. The number of aliphatic hydroxyl groups excluding tert-OH is 1. The average molecular weight is 229 g/mol. The van der Waals surface area contributed by atoms with E-state index in [9.17, 15) is 4.79 Å². The van der Waals surface area contributed by atoms with E-state index in [1.165, 1.54) is 0 Å². The van der Waals surface area contributed by atoms with E-state index >= 15 is 0 Å². The highest BCUT2D eigenvalue weighted by atomic mass is 127. The monoisotopic (exact) mass is 229 g/mol. The molecule has 0 unspecified atom stereocenters. The Kier molecular flexibility index (Phi) is 5.41. The molecule has 2 N–H and O–H groups in total. The zero-order valence-corrected chi connectivity index (χ0v) is 6.51. The molecule has 0 aromatic heterocycles. The van der Waals surface area contributed by atoms with Crippen LogP contribution in [0.25, 0.3) is 0 Å². The third kappa shape index (κ3) is 4.32. The van der Waals surface area contributed by atoms with Gasteiger partial charge in [0.05, 0.1) is 11.0 Å². The van der Waals surface area contributed by atoms with Crippen LogP contribution in [0.2, 0.25) is 0 Å². The fraction of sp³-hybridized carbons (Fsp3) is 0.750. The number of carbonyl (C=O) groups excluding carboxylic acids is 1. The first kappa shape index (κ1) is 8.16. The van der Waals surface area contributed by atoms with Crippen molar-refractivity contribution in [2.45, 2.75) is 0 Å². The molecule has 0 fully saturated rings. The Bertz CT molecular complexity index is 76.4. The molecule has 0 aliphatic carbocycles. The summed E-state index contributed by atoms with van der Waals surface area (Å²) >= 11 is 1.96. The minimum Gasteiger partial charge on any atom is -0.395 e. The van der Waals surface area contributed by atoms with Crippen molar-refractivity contribution in [3.05, 3.63) is 0 Å². The van der Waals surface area contributed by atoms with Gasteiger partial charge < -0.3 is 10.4 Å². The van der Waals surface area contributed by atoms with Gasteiger partial charge in [0.1, 0.15) is 0 Å². The molecule has 0 spiro atoms. The van der Waals surface area contributed by atoms with Crippen molar-refractivity contribution in [2.24, 2.45) is 0 Å².